The highest BCUT2D eigenvalue weighted by molar-refractivity contribution is 5.88. The molecule has 0 radical (unpaired) electrons. The molecule has 0 aliphatic rings. The van der Waals surface area contributed by atoms with Crippen molar-refractivity contribution >= 4 is 11.8 Å². The van der Waals surface area contributed by atoms with Gasteiger partial charge in [0.2, 0.25) is 0 Å². The maximum absolute atomic E-state index is 11.4. The normalized spacial score (nSPS) is 10.2. The van der Waals surface area contributed by atoms with Crippen molar-refractivity contribution in [1.29, 1.82) is 0 Å². The van der Waals surface area contributed by atoms with Gasteiger partial charge in [0.1, 0.15) is 0 Å². The number of carbonyl (C=O) groups excluding carboxylic acids is 1. The van der Waals surface area contributed by atoms with E-state index in [4.69, 9.17) is 5.11 Å². The van der Waals surface area contributed by atoms with Crippen molar-refractivity contribution in [2.75, 3.05) is 18.5 Å². The van der Waals surface area contributed by atoms with E-state index in [1.165, 1.54) is 0 Å². The molecular weight excluding hydrogens is 244 g/mol. The van der Waals surface area contributed by atoms with E-state index in [1.807, 2.05) is 37.4 Å². The van der Waals surface area contributed by atoms with Crippen LogP contribution < -0.4 is 10.6 Å². The fourth-order valence-electron chi connectivity index (χ4n) is 1.74. The van der Waals surface area contributed by atoms with Gasteiger partial charge in [0.15, 0.2) is 5.82 Å². The molecular formula is C13H16N4O2. The maximum atomic E-state index is 11.4. The van der Waals surface area contributed by atoms with Crippen molar-refractivity contribution in [2.24, 2.45) is 7.05 Å². The standard InChI is InChI=1S/C13H16N4O2/c1-17-11(10-5-3-2-4-6-10)9-12(16-17)15-13(19)14-7-8-18/h2-6,9,18H,7-8H2,1H3,(H2,14,15,16,19). The molecule has 0 aliphatic carbocycles. The van der Waals surface area contributed by atoms with E-state index in [-0.39, 0.29) is 19.2 Å². The van der Waals surface area contributed by atoms with Crippen LogP contribution >= 0.6 is 0 Å². The van der Waals surface area contributed by atoms with Gasteiger partial charge in [0, 0.05) is 19.7 Å². The summed E-state index contributed by atoms with van der Waals surface area (Å²) in [6.45, 7) is 0.120. The van der Waals surface area contributed by atoms with Crippen LogP contribution in [-0.4, -0.2) is 34.1 Å². The van der Waals surface area contributed by atoms with Crippen LogP contribution in [0.5, 0.6) is 0 Å². The van der Waals surface area contributed by atoms with Gasteiger partial charge in [-0.05, 0) is 5.56 Å². The Morgan fingerprint density at radius 2 is 2.11 bits per heavy atom. The Bertz CT molecular complexity index is 551. The van der Waals surface area contributed by atoms with Gasteiger partial charge in [-0.1, -0.05) is 30.3 Å². The Morgan fingerprint density at radius 1 is 1.37 bits per heavy atom. The third kappa shape index (κ3) is 3.32. The number of aliphatic hydroxyl groups is 1. The number of aryl methyl sites for hydroxylation is 1. The molecule has 0 spiro atoms. The first-order valence-electron chi connectivity index (χ1n) is 5.96. The fraction of sp³-hybridized carbons (Fsp3) is 0.231. The van der Waals surface area contributed by atoms with Gasteiger partial charge in [-0.15, -0.1) is 0 Å². The zero-order chi connectivity index (χ0) is 13.7. The first kappa shape index (κ1) is 13.1. The molecule has 0 atom stereocenters. The number of anilines is 1. The predicted molar refractivity (Wildman–Crippen MR) is 72.8 cm³/mol. The van der Waals surface area contributed by atoms with E-state index in [9.17, 15) is 4.79 Å². The number of aromatic nitrogens is 2. The van der Waals surface area contributed by atoms with Crippen molar-refractivity contribution in [3.05, 3.63) is 36.4 Å². The van der Waals surface area contributed by atoms with E-state index < -0.39 is 0 Å². The summed E-state index contributed by atoms with van der Waals surface area (Å²) in [5.41, 5.74) is 1.94. The molecule has 2 amide bonds. The number of hydrogen-bond acceptors (Lipinski definition) is 3. The van der Waals surface area contributed by atoms with Crippen LogP contribution in [0, 0.1) is 0 Å². The number of nitrogens with zero attached hydrogens (tertiary/aromatic N) is 2. The number of hydrogen-bond donors (Lipinski definition) is 3. The predicted octanol–water partition coefficient (Wildman–Crippen LogP) is 1.20. The lowest BCUT2D eigenvalue weighted by molar-refractivity contribution is 0.244. The van der Waals surface area contributed by atoms with Crippen molar-refractivity contribution in [3.8, 4) is 11.3 Å². The van der Waals surface area contributed by atoms with Gasteiger partial charge in [-0.2, -0.15) is 5.10 Å². The van der Waals surface area contributed by atoms with E-state index in [0.717, 1.165) is 11.3 Å². The molecule has 0 saturated heterocycles. The fourth-order valence-corrected chi connectivity index (χ4v) is 1.74. The van der Waals surface area contributed by atoms with Crippen molar-refractivity contribution in [1.82, 2.24) is 15.1 Å². The minimum absolute atomic E-state index is 0.0924. The lowest BCUT2D eigenvalue weighted by Crippen LogP contribution is -2.31. The van der Waals surface area contributed by atoms with E-state index in [0.29, 0.717) is 5.82 Å². The molecule has 19 heavy (non-hydrogen) atoms. The topological polar surface area (TPSA) is 79.2 Å². The summed E-state index contributed by atoms with van der Waals surface area (Å²) in [4.78, 5) is 11.4. The van der Waals surface area contributed by atoms with E-state index in [1.54, 1.807) is 10.7 Å². The second-order valence-corrected chi connectivity index (χ2v) is 4.01. The molecule has 0 unspecified atom stereocenters. The molecule has 6 nitrogen and oxygen atoms in total. The first-order valence-corrected chi connectivity index (χ1v) is 5.96. The largest absolute Gasteiger partial charge is 0.395 e. The number of amides is 2. The number of nitrogens with one attached hydrogen (secondary N) is 2. The minimum atomic E-state index is -0.383. The lowest BCUT2D eigenvalue weighted by Gasteiger charge is -2.02. The summed E-state index contributed by atoms with van der Waals surface area (Å²) >= 11 is 0. The SMILES string of the molecule is Cn1nc(NC(=O)NCCO)cc1-c1ccccc1. The lowest BCUT2D eigenvalue weighted by atomic mass is 10.1. The molecule has 1 heterocycles. The summed E-state index contributed by atoms with van der Waals surface area (Å²) in [6.07, 6.45) is 0. The number of rotatable bonds is 4. The summed E-state index contributed by atoms with van der Waals surface area (Å²) in [5, 5.41) is 17.9. The quantitative estimate of drug-likeness (QED) is 0.773. The van der Waals surface area contributed by atoms with Crippen molar-refractivity contribution < 1.29 is 9.90 Å². The first-order chi connectivity index (χ1) is 9.20. The highest BCUT2D eigenvalue weighted by Crippen LogP contribution is 2.21. The number of urea groups is 1. The molecule has 1 aromatic heterocycles. The van der Waals surface area contributed by atoms with Crippen LogP contribution in [0.4, 0.5) is 10.6 Å². The number of carbonyl (C=O) groups is 1. The molecule has 2 rings (SSSR count). The summed E-state index contributed by atoms with van der Waals surface area (Å²) < 4.78 is 1.71. The van der Waals surface area contributed by atoms with Crippen molar-refractivity contribution in [3.63, 3.8) is 0 Å². The summed E-state index contributed by atoms with van der Waals surface area (Å²) in [5.74, 6) is 0.469. The zero-order valence-corrected chi connectivity index (χ0v) is 10.6. The molecule has 1 aromatic carbocycles. The Labute approximate surface area is 111 Å². The third-order valence-electron chi connectivity index (χ3n) is 2.59. The highest BCUT2D eigenvalue weighted by Gasteiger charge is 2.09. The Hall–Kier alpha value is -2.34. The van der Waals surface area contributed by atoms with Crippen LogP contribution in [0.2, 0.25) is 0 Å². The number of aliphatic hydroxyl groups excluding tert-OH is 1. The Morgan fingerprint density at radius 3 is 2.79 bits per heavy atom. The average Bonchev–Trinajstić information content (AvgIpc) is 2.78. The van der Waals surface area contributed by atoms with E-state index >= 15 is 0 Å². The second kappa shape index (κ2) is 6.01. The van der Waals surface area contributed by atoms with Crippen molar-refractivity contribution in [2.45, 2.75) is 0 Å². The van der Waals surface area contributed by atoms with Crippen LogP contribution in [0.3, 0.4) is 0 Å². The summed E-state index contributed by atoms with van der Waals surface area (Å²) in [6, 6.07) is 11.2. The smallest absolute Gasteiger partial charge is 0.320 e. The van der Waals surface area contributed by atoms with E-state index in [2.05, 4.69) is 15.7 Å². The Kier molecular flexibility index (Phi) is 4.15. The third-order valence-corrected chi connectivity index (χ3v) is 2.59. The van der Waals surface area contributed by atoms with Crippen LogP contribution in [0.15, 0.2) is 36.4 Å². The molecule has 6 heteroatoms. The minimum Gasteiger partial charge on any atom is -0.395 e. The van der Waals surface area contributed by atoms with Crippen LogP contribution in [0.25, 0.3) is 11.3 Å². The molecule has 2 aromatic rings. The monoisotopic (exact) mass is 260 g/mol. The van der Waals surface area contributed by atoms with Gasteiger partial charge in [0.05, 0.1) is 12.3 Å². The highest BCUT2D eigenvalue weighted by atomic mass is 16.3. The maximum Gasteiger partial charge on any atom is 0.320 e. The average molecular weight is 260 g/mol. The van der Waals surface area contributed by atoms with Gasteiger partial charge in [-0.3, -0.25) is 10.00 Å². The molecule has 0 saturated carbocycles. The zero-order valence-electron chi connectivity index (χ0n) is 10.6. The Balaban J connectivity index is 2.11. The number of benzene rings is 1. The van der Waals surface area contributed by atoms with Gasteiger partial charge < -0.3 is 10.4 Å². The van der Waals surface area contributed by atoms with Gasteiger partial charge >= 0.3 is 6.03 Å². The van der Waals surface area contributed by atoms with Gasteiger partial charge in [-0.25, -0.2) is 4.79 Å². The van der Waals surface area contributed by atoms with Gasteiger partial charge in [0.25, 0.3) is 0 Å². The molecule has 0 fully saturated rings. The molecule has 0 bridgehead atoms. The molecule has 100 valence electrons. The van der Waals surface area contributed by atoms with Crippen LogP contribution in [-0.2, 0) is 7.05 Å². The second-order valence-electron chi connectivity index (χ2n) is 4.01. The summed E-state index contributed by atoms with van der Waals surface area (Å²) in [7, 11) is 1.82. The molecule has 3 N–H and O–H groups in total. The van der Waals surface area contributed by atoms with Crippen LogP contribution in [0.1, 0.15) is 0 Å². The molecule has 0 aliphatic heterocycles.